The molecule has 1 aromatic heterocycles. The highest BCUT2D eigenvalue weighted by Crippen LogP contribution is 2.34. The van der Waals surface area contributed by atoms with Gasteiger partial charge in [-0.3, -0.25) is 4.98 Å². The second kappa shape index (κ2) is 4.33. The normalized spacial score (nSPS) is 11.6. The predicted octanol–water partition coefficient (Wildman–Crippen LogP) is 3.66. The van der Waals surface area contributed by atoms with Gasteiger partial charge >= 0.3 is 6.18 Å². The zero-order chi connectivity index (χ0) is 13.3. The van der Waals surface area contributed by atoms with Crippen molar-refractivity contribution < 1.29 is 13.2 Å². The van der Waals surface area contributed by atoms with Crippen molar-refractivity contribution in [3.63, 3.8) is 0 Å². The van der Waals surface area contributed by atoms with Crippen LogP contribution in [0.3, 0.4) is 0 Å². The van der Waals surface area contributed by atoms with Crippen LogP contribution in [0.1, 0.15) is 11.1 Å². The lowest BCUT2D eigenvalue weighted by molar-refractivity contribution is -0.137. The number of alkyl halides is 3. The van der Waals surface area contributed by atoms with Gasteiger partial charge in [0.25, 0.3) is 0 Å². The van der Waals surface area contributed by atoms with E-state index >= 15 is 0 Å². The molecule has 0 fully saturated rings. The van der Waals surface area contributed by atoms with Gasteiger partial charge < -0.3 is 5.73 Å². The third-order valence-corrected chi connectivity index (χ3v) is 2.57. The summed E-state index contributed by atoms with van der Waals surface area (Å²) in [4.78, 5) is 3.96. The lowest BCUT2D eigenvalue weighted by Gasteiger charge is -2.11. The molecule has 5 heteroatoms. The van der Waals surface area contributed by atoms with Crippen LogP contribution in [0.4, 0.5) is 18.9 Å². The molecule has 1 aromatic carbocycles. The van der Waals surface area contributed by atoms with Crippen molar-refractivity contribution in [1.29, 1.82) is 0 Å². The third-order valence-electron chi connectivity index (χ3n) is 2.57. The second-order valence-electron chi connectivity index (χ2n) is 4.05. The van der Waals surface area contributed by atoms with Crippen LogP contribution in [0.5, 0.6) is 0 Å². The first kappa shape index (κ1) is 12.4. The van der Waals surface area contributed by atoms with Crippen LogP contribution >= 0.6 is 0 Å². The molecule has 18 heavy (non-hydrogen) atoms. The SMILES string of the molecule is Cc1cncc(-c2cc(C(F)(F)F)ccc2N)c1. The number of anilines is 1. The fraction of sp³-hybridized carbons (Fsp3) is 0.154. The number of hydrogen-bond donors (Lipinski definition) is 1. The molecule has 0 unspecified atom stereocenters. The van der Waals surface area contributed by atoms with E-state index in [2.05, 4.69) is 4.98 Å². The topological polar surface area (TPSA) is 38.9 Å². The van der Waals surface area contributed by atoms with Crippen LogP contribution < -0.4 is 5.73 Å². The Labute approximate surface area is 102 Å². The van der Waals surface area contributed by atoms with E-state index in [0.717, 1.165) is 17.7 Å². The van der Waals surface area contributed by atoms with Crippen molar-refractivity contribution in [3.8, 4) is 11.1 Å². The van der Waals surface area contributed by atoms with Gasteiger partial charge in [-0.1, -0.05) is 0 Å². The summed E-state index contributed by atoms with van der Waals surface area (Å²) in [5.74, 6) is 0. The van der Waals surface area contributed by atoms with E-state index in [1.54, 1.807) is 12.3 Å². The van der Waals surface area contributed by atoms with Gasteiger partial charge in [0.1, 0.15) is 0 Å². The Kier molecular flexibility index (Phi) is 2.98. The maximum absolute atomic E-state index is 12.6. The molecular formula is C13H11F3N2. The minimum absolute atomic E-state index is 0.301. The minimum atomic E-state index is -4.38. The van der Waals surface area contributed by atoms with Gasteiger partial charge in [-0.25, -0.2) is 0 Å². The van der Waals surface area contributed by atoms with Crippen LogP contribution in [0.2, 0.25) is 0 Å². The first-order valence-electron chi connectivity index (χ1n) is 5.26. The Hall–Kier alpha value is -2.04. The average Bonchev–Trinajstić information content (AvgIpc) is 2.28. The number of halogens is 3. The number of aryl methyl sites for hydroxylation is 1. The average molecular weight is 252 g/mol. The van der Waals surface area contributed by atoms with Crippen molar-refractivity contribution >= 4 is 5.69 Å². The molecule has 2 aromatic rings. The summed E-state index contributed by atoms with van der Waals surface area (Å²) in [6.45, 7) is 1.82. The van der Waals surface area contributed by atoms with Crippen LogP contribution in [0, 0.1) is 6.92 Å². The van der Waals surface area contributed by atoms with Gasteiger partial charge in [0.15, 0.2) is 0 Å². The summed E-state index contributed by atoms with van der Waals surface area (Å²) in [5.41, 5.74) is 7.10. The number of rotatable bonds is 1. The number of hydrogen-bond acceptors (Lipinski definition) is 2. The van der Waals surface area contributed by atoms with Gasteiger partial charge in [0.2, 0.25) is 0 Å². The molecule has 0 saturated heterocycles. The van der Waals surface area contributed by atoms with Crippen LogP contribution in [0.25, 0.3) is 11.1 Å². The summed E-state index contributed by atoms with van der Waals surface area (Å²) < 4.78 is 37.9. The highest BCUT2D eigenvalue weighted by Gasteiger charge is 2.30. The number of pyridine rings is 1. The van der Waals surface area contributed by atoms with E-state index in [4.69, 9.17) is 5.73 Å². The number of nitrogen functional groups attached to an aromatic ring is 1. The molecule has 0 spiro atoms. The highest BCUT2D eigenvalue weighted by atomic mass is 19.4. The van der Waals surface area contributed by atoms with Gasteiger partial charge in [-0.05, 0) is 36.8 Å². The largest absolute Gasteiger partial charge is 0.416 e. The van der Waals surface area contributed by atoms with Crippen LogP contribution in [0.15, 0.2) is 36.7 Å². The Morgan fingerprint density at radius 3 is 2.44 bits per heavy atom. The first-order valence-corrected chi connectivity index (χ1v) is 5.26. The summed E-state index contributed by atoms with van der Waals surface area (Å²) >= 11 is 0. The number of benzene rings is 1. The lowest BCUT2D eigenvalue weighted by atomic mass is 10.0. The maximum Gasteiger partial charge on any atom is 0.416 e. The zero-order valence-corrected chi connectivity index (χ0v) is 9.62. The minimum Gasteiger partial charge on any atom is -0.398 e. The van der Waals surface area contributed by atoms with Crippen molar-refractivity contribution in [2.24, 2.45) is 0 Å². The number of nitrogens with zero attached hydrogens (tertiary/aromatic N) is 1. The Morgan fingerprint density at radius 1 is 1.11 bits per heavy atom. The van der Waals surface area contributed by atoms with E-state index in [9.17, 15) is 13.2 Å². The molecule has 0 bridgehead atoms. The van der Waals surface area contributed by atoms with Gasteiger partial charge in [0.05, 0.1) is 5.56 Å². The second-order valence-corrected chi connectivity index (χ2v) is 4.05. The summed E-state index contributed by atoms with van der Waals surface area (Å²) in [6, 6.07) is 5.03. The van der Waals surface area contributed by atoms with Crippen LogP contribution in [-0.2, 0) is 6.18 Å². The summed E-state index contributed by atoms with van der Waals surface area (Å²) in [7, 11) is 0. The highest BCUT2D eigenvalue weighted by molar-refractivity contribution is 5.76. The van der Waals surface area contributed by atoms with Crippen molar-refractivity contribution in [1.82, 2.24) is 4.98 Å². The molecule has 0 radical (unpaired) electrons. The molecule has 0 amide bonds. The summed E-state index contributed by atoms with van der Waals surface area (Å²) in [5, 5.41) is 0. The number of nitrogens with two attached hydrogens (primary N) is 1. The Bertz CT molecular complexity index is 577. The molecule has 1 heterocycles. The Balaban J connectivity index is 2.57. The van der Waals surface area contributed by atoms with Gasteiger partial charge in [0, 0.05) is 29.2 Å². The fourth-order valence-electron chi connectivity index (χ4n) is 1.68. The molecule has 0 aliphatic heterocycles. The van der Waals surface area contributed by atoms with Crippen LogP contribution in [-0.4, -0.2) is 4.98 Å². The molecule has 94 valence electrons. The van der Waals surface area contributed by atoms with E-state index in [0.29, 0.717) is 16.8 Å². The van der Waals surface area contributed by atoms with Crippen molar-refractivity contribution in [2.75, 3.05) is 5.73 Å². The van der Waals surface area contributed by atoms with E-state index in [1.807, 2.05) is 6.92 Å². The zero-order valence-electron chi connectivity index (χ0n) is 9.62. The van der Waals surface area contributed by atoms with Crippen molar-refractivity contribution in [2.45, 2.75) is 13.1 Å². The smallest absolute Gasteiger partial charge is 0.398 e. The first-order chi connectivity index (χ1) is 8.38. The molecular weight excluding hydrogens is 241 g/mol. The Morgan fingerprint density at radius 2 is 1.83 bits per heavy atom. The molecule has 0 atom stereocenters. The third kappa shape index (κ3) is 2.45. The lowest BCUT2D eigenvalue weighted by Crippen LogP contribution is -2.05. The standard InChI is InChI=1S/C13H11F3N2/c1-8-4-9(7-18-6-8)11-5-10(13(14,15)16)2-3-12(11)17/h2-7H,17H2,1H3. The van der Waals surface area contributed by atoms with E-state index < -0.39 is 11.7 Å². The van der Waals surface area contributed by atoms with Gasteiger partial charge in [-0.15, -0.1) is 0 Å². The molecule has 2 rings (SSSR count). The quantitative estimate of drug-likeness (QED) is 0.786. The maximum atomic E-state index is 12.6. The van der Waals surface area contributed by atoms with E-state index in [-0.39, 0.29) is 0 Å². The molecule has 0 aliphatic rings. The summed E-state index contributed by atoms with van der Waals surface area (Å²) in [6.07, 6.45) is -1.24. The molecule has 2 N–H and O–H groups in total. The van der Waals surface area contributed by atoms with Crippen molar-refractivity contribution in [3.05, 3.63) is 47.8 Å². The fourth-order valence-corrected chi connectivity index (χ4v) is 1.68. The number of aromatic nitrogens is 1. The van der Waals surface area contributed by atoms with E-state index in [1.165, 1.54) is 12.3 Å². The monoisotopic (exact) mass is 252 g/mol. The van der Waals surface area contributed by atoms with Gasteiger partial charge in [-0.2, -0.15) is 13.2 Å². The molecule has 2 nitrogen and oxygen atoms in total. The molecule has 0 aliphatic carbocycles. The predicted molar refractivity (Wildman–Crippen MR) is 63.8 cm³/mol. The molecule has 0 saturated carbocycles.